The molecule has 1 atom stereocenters. The molecular formula is C26H26BrClN2O3S. The van der Waals surface area contributed by atoms with E-state index < -0.39 is 0 Å². The molecule has 1 aromatic heterocycles. The van der Waals surface area contributed by atoms with E-state index in [4.69, 9.17) is 16.3 Å². The van der Waals surface area contributed by atoms with Crippen molar-refractivity contribution in [3.63, 3.8) is 0 Å². The summed E-state index contributed by atoms with van der Waals surface area (Å²) in [5, 5.41) is 2.74. The van der Waals surface area contributed by atoms with Gasteiger partial charge in [-0.25, -0.2) is 0 Å². The number of thiophene rings is 1. The largest absolute Gasteiger partial charge is 0.385 e. The molecule has 1 unspecified atom stereocenters. The first-order valence-corrected chi connectivity index (χ1v) is 13.2. The highest BCUT2D eigenvalue weighted by Gasteiger charge is 2.34. The van der Waals surface area contributed by atoms with Crippen LogP contribution in [0.5, 0.6) is 0 Å². The van der Waals surface area contributed by atoms with E-state index >= 15 is 0 Å². The first-order chi connectivity index (χ1) is 16.5. The highest BCUT2D eigenvalue weighted by atomic mass is 79.9. The van der Waals surface area contributed by atoms with Crippen molar-refractivity contribution in [1.82, 2.24) is 9.80 Å². The number of ether oxygens (including phenoxy) is 1. The van der Waals surface area contributed by atoms with E-state index in [9.17, 15) is 9.59 Å². The number of benzene rings is 2. The number of rotatable bonds is 8. The van der Waals surface area contributed by atoms with E-state index in [0.717, 1.165) is 17.5 Å². The molecule has 0 saturated carbocycles. The van der Waals surface area contributed by atoms with Gasteiger partial charge in [0.15, 0.2) is 0 Å². The van der Waals surface area contributed by atoms with Crippen LogP contribution in [0.15, 0.2) is 64.5 Å². The summed E-state index contributed by atoms with van der Waals surface area (Å²) in [4.78, 5) is 31.9. The molecule has 178 valence electrons. The van der Waals surface area contributed by atoms with Crippen LogP contribution in [0.2, 0.25) is 5.02 Å². The Morgan fingerprint density at radius 1 is 1.18 bits per heavy atom. The third-order valence-electron chi connectivity index (χ3n) is 5.97. The van der Waals surface area contributed by atoms with E-state index in [-0.39, 0.29) is 24.4 Å². The highest BCUT2D eigenvalue weighted by Crippen LogP contribution is 2.38. The Morgan fingerprint density at radius 3 is 2.68 bits per heavy atom. The fraction of sp³-hybridized carbons (Fsp3) is 0.308. The summed E-state index contributed by atoms with van der Waals surface area (Å²) in [6, 6.07) is 16.9. The molecule has 1 aliphatic rings. The molecule has 0 bridgehead atoms. The molecule has 2 heterocycles. The number of hydrogen-bond donors (Lipinski definition) is 0. The van der Waals surface area contributed by atoms with E-state index in [0.29, 0.717) is 41.2 Å². The molecule has 1 aliphatic heterocycles. The monoisotopic (exact) mass is 560 g/mol. The fourth-order valence-corrected chi connectivity index (χ4v) is 5.79. The standard InChI is InChI=1S/C26H26BrClN2O3S/c1-33-15-4-13-29(26(32)20-5-2-3-6-22(20)27)17-24(31)30-14-11-23-21(12-16-34-23)25(30)18-7-9-19(28)10-8-18/h2-3,5-10,12,16,25H,4,11,13-15,17H2,1H3. The van der Waals surface area contributed by atoms with Gasteiger partial charge in [0.1, 0.15) is 6.54 Å². The van der Waals surface area contributed by atoms with Crippen molar-refractivity contribution >= 4 is 50.7 Å². The number of carbonyl (C=O) groups excluding carboxylic acids is 2. The lowest BCUT2D eigenvalue weighted by Crippen LogP contribution is -2.47. The second kappa shape index (κ2) is 11.5. The third kappa shape index (κ3) is 5.54. The van der Waals surface area contributed by atoms with Crippen LogP contribution in [0.3, 0.4) is 0 Å². The molecule has 2 aromatic carbocycles. The quantitative estimate of drug-likeness (QED) is 0.326. The summed E-state index contributed by atoms with van der Waals surface area (Å²) < 4.78 is 5.90. The van der Waals surface area contributed by atoms with Crippen molar-refractivity contribution in [2.24, 2.45) is 0 Å². The van der Waals surface area contributed by atoms with Crippen LogP contribution >= 0.6 is 38.9 Å². The predicted molar refractivity (Wildman–Crippen MR) is 140 cm³/mol. The Kier molecular flexibility index (Phi) is 8.42. The van der Waals surface area contributed by atoms with Crippen molar-refractivity contribution < 1.29 is 14.3 Å². The lowest BCUT2D eigenvalue weighted by atomic mass is 9.93. The highest BCUT2D eigenvalue weighted by molar-refractivity contribution is 9.10. The van der Waals surface area contributed by atoms with Gasteiger partial charge in [-0.2, -0.15) is 0 Å². The van der Waals surface area contributed by atoms with Gasteiger partial charge in [-0.1, -0.05) is 35.9 Å². The van der Waals surface area contributed by atoms with Gasteiger partial charge in [-0.3, -0.25) is 9.59 Å². The number of carbonyl (C=O) groups is 2. The van der Waals surface area contributed by atoms with Crippen molar-refractivity contribution in [2.75, 3.05) is 33.4 Å². The normalized spacial score (nSPS) is 15.1. The number of methoxy groups -OCH3 is 1. The average Bonchev–Trinajstić information content (AvgIpc) is 3.32. The van der Waals surface area contributed by atoms with Crippen molar-refractivity contribution in [2.45, 2.75) is 18.9 Å². The Balaban J connectivity index is 1.61. The molecular weight excluding hydrogens is 536 g/mol. The molecule has 0 spiro atoms. The smallest absolute Gasteiger partial charge is 0.255 e. The lowest BCUT2D eigenvalue weighted by Gasteiger charge is -2.37. The van der Waals surface area contributed by atoms with Gasteiger partial charge in [0.25, 0.3) is 5.91 Å². The number of fused-ring (bicyclic) bond motifs is 1. The molecule has 34 heavy (non-hydrogen) atoms. The maximum atomic E-state index is 13.7. The minimum absolute atomic E-state index is 0.00738. The predicted octanol–water partition coefficient (Wildman–Crippen LogP) is 5.82. The van der Waals surface area contributed by atoms with Crippen LogP contribution in [0.25, 0.3) is 0 Å². The molecule has 0 aliphatic carbocycles. The van der Waals surface area contributed by atoms with Gasteiger partial charge < -0.3 is 14.5 Å². The van der Waals surface area contributed by atoms with Gasteiger partial charge in [0, 0.05) is 41.2 Å². The zero-order valence-electron chi connectivity index (χ0n) is 18.9. The molecule has 0 fully saturated rings. The molecule has 0 radical (unpaired) electrons. The second-order valence-corrected chi connectivity index (χ2v) is 10.4. The van der Waals surface area contributed by atoms with E-state index in [1.165, 1.54) is 4.88 Å². The SMILES string of the molecule is COCCCN(CC(=O)N1CCc2sccc2C1c1ccc(Cl)cc1)C(=O)c1ccccc1Br. The maximum absolute atomic E-state index is 13.7. The first kappa shape index (κ1) is 24.9. The van der Waals surface area contributed by atoms with Crippen LogP contribution in [-0.4, -0.2) is 55.0 Å². The van der Waals surface area contributed by atoms with Crippen LogP contribution in [-0.2, 0) is 16.0 Å². The summed E-state index contributed by atoms with van der Waals surface area (Å²) in [5.41, 5.74) is 2.70. The van der Waals surface area contributed by atoms with Crippen molar-refractivity contribution in [1.29, 1.82) is 0 Å². The van der Waals surface area contributed by atoms with Crippen LogP contribution in [0.1, 0.15) is 38.8 Å². The van der Waals surface area contributed by atoms with Crippen LogP contribution < -0.4 is 0 Å². The Bertz CT molecular complexity index is 1150. The van der Waals surface area contributed by atoms with Crippen molar-refractivity contribution in [3.8, 4) is 0 Å². The average molecular weight is 562 g/mol. The number of halogens is 2. The van der Waals surface area contributed by atoms with Gasteiger partial charge in [0.05, 0.1) is 11.6 Å². The molecule has 3 aromatic rings. The number of nitrogens with zero attached hydrogens (tertiary/aromatic N) is 2. The van der Waals surface area contributed by atoms with Gasteiger partial charge in [-0.15, -0.1) is 11.3 Å². The van der Waals surface area contributed by atoms with Crippen molar-refractivity contribution in [3.05, 3.63) is 91.0 Å². The topological polar surface area (TPSA) is 49.9 Å². The van der Waals surface area contributed by atoms with E-state index in [1.807, 2.05) is 47.4 Å². The molecule has 8 heteroatoms. The zero-order valence-corrected chi connectivity index (χ0v) is 22.0. The van der Waals surface area contributed by atoms with Crippen LogP contribution in [0, 0.1) is 0 Å². The van der Waals surface area contributed by atoms with E-state index in [2.05, 4.69) is 27.4 Å². The molecule has 5 nitrogen and oxygen atoms in total. The summed E-state index contributed by atoms with van der Waals surface area (Å²) in [7, 11) is 1.63. The summed E-state index contributed by atoms with van der Waals surface area (Å²) in [6.07, 6.45) is 1.46. The van der Waals surface area contributed by atoms with E-state index in [1.54, 1.807) is 29.4 Å². The number of hydrogen-bond acceptors (Lipinski definition) is 4. The molecule has 0 saturated heterocycles. The van der Waals surface area contributed by atoms with Crippen LogP contribution in [0.4, 0.5) is 0 Å². The zero-order chi connectivity index (χ0) is 24.1. The minimum Gasteiger partial charge on any atom is -0.385 e. The summed E-state index contributed by atoms with van der Waals surface area (Å²) in [5.74, 6) is -0.247. The fourth-order valence-electron chi connectivity index (χ4n) is 4.30. The lowest BCUT2D eigenvalue weighted by molar-refractivity contribution is -0.134. The molecule has 4 rings (SSSR count). The summed E-state index contributed by atoms with van der Waals surface area (Å²) in [6.45, 7) is 1.56. The Hall–Kier alpha value is -2.19. The molecule has 0 N–H and O–H groups in total. The Labute approximate surface area is 217 Å². The van der Waals surface area contributed by atoms with Gasteiger partial charge in [0.2, 0.25) is 5.91 Å². The second-order valence-electron chi connectivity index (χ2n) is 8.14. The third-order valence-corrected chi connectivity index (χ3v) is 7.91. The first-order valence-electron chi connectivity index (χ1n) is 11.1. The minimum atomic E-state index is -0.195. The number of amides is 2. The molecule has 2 amide bonds. The van der Waals surface area contributed by atoms with Gasteiger partial charge in [-0.05, 0) is 75.6 Å². The Morgan fingerprint density at radius 2 is 1.94 bits per heavy atom. The van der Waals surface area contributed by atoms with Gasteiger partial charge >= 0.3 is 0 Å². The summed E-state index contributed by atoms with van der Waals surface area (Å²) >= 11 is 11.3. The maximum Gasteiger partial charge on any atom is 0.255 e.